The van der Waals surface area contributed by atoms with E-state index in [4.69, 9.17) is 23.2 Å². The summed E-state index contributed by atoms with van der Waals surface area (Å²) < 4.78 is 2.21. The predicted octanol–water partition coefficient (Wildman–Crippen LogP) is 8.03. The zero-order valence-electron chi connectivity index (χ0n) is 19.1. The number of rotatable bonds is 3. The van der Waals surface area contributed by atoms with Crippen LogP contribution in [0.4, 0.5) is 0 Å². The highest BCUT2D eigenvalue weighted by Gasteiger charge is 2.44. The lowest BCUT2D eigenvalue weighted by Crippen LogP contribution is -2.40. The topological polar surface area (TPSA) is 25.2 Å². The van der Waals surface area contributed by atoms with Crippen LogP contribution in [0.15, 0.2) is 66.7 Å². The molecule has 0 spiro atoms. The lowest BCUT2D eigenvalue weighted by atomic mass is 9.89. The van der Waals surface area contributed by atoms with Gasteiger partial charge in [-0.2, -0.15) is 0 Å². The van der Waals surface area contributed by atoms with Crippen LogP contribution in [0.25, 0.3) is 22.2 Å². The summed E-state index contributed by atoms with van der Waals surface area (Å²) in [5, 5.41) is 2.38. The van der Waals surface area contributed by atoms with Gasteiger partial charge in [0.25, 0.3) is 5.91 Å². The van der Waals surface area contributed by atoms with E-state index in [-0.39, 0.29) is 18.0 Å². The molecule has 1 amide bonds. The summed E-state index contributed by atoms with van der Waals surface area (Å²) in [7, 11) is 2.08. The molecule has 0 N–H and O–H groups in total. The van der Waals surface area contributed by atoms with E-state index >= 15 is 0 Å². The Bertz CT molecular complexity index is 1420. The van der Waals surface area contributed by atoms with E-state index in [1.165, 1.54) is 19.3 Å². The third-order valence-corrected chi connectivity index (χ3v) is 8.12. The number of aromatic nitrogens is 1. The Morgan fingerprint density at radius 3 is 2.38 bits per heavy atom. The maximum Gasteiger partial charge on any atom is 0.255 e. The van der Waals surface area contributed by atoms with Crippen molar-refractivity contribution in [2.24, 2.45) is 7.05 Å². The number of para-hydroxylation sites is 1. The minimum Gasteiger partial charge on any atom is -0.343 e. The van der Waals surface area contributed by atoms with E-state index in [2.05, 4.69) is 46.8 Å². The van der Waals surface area contributed by atoms with Gasteiger partial charge in [-0.1, -0.05) is 78.9 Å². The van der Waals surface area contributed by atoms with Gasteiger partial charge in [-0.05, 0) is 48.7 Å². The number of hydrogen-bond acceptors (Lipinski definition) is 1. The second-order valence-electron chi connectivity index (χ2n) is 9.46. The number of benzene rings is 3. The van der Waals surface area contributed by atoms with Gasteiger partial charge in [-0.15, -0.1) is 0 Å². The maximum atomic E-state index is 13.9. The van der Waals surface area contributed by atoms with Crippen molar-refractivity contribution < 1.29 is 4.79 Å². The number of halogens is 2. The molecule has 2 heterocycles. The number of nitrogens with zero attached hydrogens (tertiary/aromatic N) is 2. The standard InChI is InChI=1S/C29H26Cl2N2O/c1-32-25-14-8-7-13-23(25)26(27(32)22-16-15-18(30)17-24(22)31)28-20-11-5-6-12-21(20)29(34)33(28)19-9-3-2-4-10-19/h5-8,11-17,19,28H,2-4,9-10H2,1H3. The van der Waals surface area contributed by atoms with E-state index in [1.807, 2.05) is 30.3 Å². The third-order valence-electron chi connectivity index (χ3n) is 7.57. The first-order chi connectivity index (χ1) is 16.6. The summed E-state index contributed by atoms with van der Waals surface area (Å²) in [6.45, 7) is 0. The monoisotopic (exact) mass is 488 g/mol. The zero-order chi connectivity index (χ0) is 23.4. The van der Waals surface area contributed by atoms with Crippen molar-refractivity contribution in [2.75, 3.05) is 0 Å². The Morgan fingerprint density at radius 1 is 0.853 bits per heavy atom. The lowest BCUT2D eigenvalue weighted by Gasteiger charge is -2.36. The SMILES string of the molecule is Cn1c(-c2ccc(Cl)cc2Cl)c(C2c3ccccc3C(=O)N2C2CCCCC2)c2ccccc21. The van der Waals surface area contributed by atoms with Crippen LogP contribution in [-0.2, 0) is 7.05 Å². The first-order valence-corrected chi connectivity index (χ1v) is 12.8. The molecular formula is C29H26Cl2N2O. The quantitative estimate of drug-likeness (QED) is 0.286. The van der Waals surface area contributed by atoms with Gasteiger partial charge in [-0.25, -0.2) is 0 Å². The highest BCUT2D eigenvalue weighted by atomic mass is 35.5. The normalized spacial score (nSPS) is 18.6. The molecule has 1 fully saturated rings. The zero-order valence-corrected chi connectivity index (χ0v) is 20.6. The second kappa shape index (κ2) is 8.48. The first kappa shape index (κ1) is 21.8. The molecule has 6 rings (SSSR count). The predicted molar refractivity (Wildman–Crippen MR) is 140 cm³/mol. The van der Waals surface area contributed by atoms with Gasteiger partial charge in [0, 0.05) is 45.7 Å². The Kier molecular flexibility index (Phi) is 5.43. The van der Waals surface area contributed by atoms with Crippen molar-refractivity contribution in [3.63, 3.8) is 0 Å². The summed E-state index contributed by atoms with van der Waals surface area (Å²) >= 11 is 13.0. The van der Waals surface area contributed by atoms with Gasteiger partial charge in [0.2, 0.25) is 0 Å². The molecule has 3 nitrogen and oxygen atoms in total. The Hall–Kier alpha value is -2.75. The molecule has 1 unspecified atom stereocenters. The van der Waals surface area contributed by atoms with Gasteiger partial charge in [0.1, 0.15) is 0 Å². The molecule has 1 aliphatic heterocycles. The van der Waals surface area contributed by atoms with Crippen LogP contribution in [-0.4, -0.2) is 21.4 Å². The maximum absolute atomic E-state index is 13.9. The average Bonchev–Trinajstić information content (AvgIpc) is 3.31. The Labute approximate surface area is 209 Å². The van der Waals surface area contributed by atoms with Crippen molar-refractivity contribution in [1.82, 2.24) is 9.47 Å². The third kappa shape index (κ3) is 3.29. The molecule has 2 aliphatic rings. The molecule has 34 heavy (non-hydrogen) atoms. The number of amides is 1. The van der Waals surface area contributed by atoms with Crippen molar-refractivity contribution >= 4 is 40.0 Å². The van der Waals surface area contributed by atoms with Crippen LogP contribution in [0.2, 0.25) is 10.0 Å². The summed E-state index contributed by atoms with van der Waals surface area (Å²) in [6, 6.07) is 22.3. The Balaban J connectivity index is 1.67. The van der Waals surface area contributed by atoms with E-state index in [9.17, 15) is 4.79 Å². The van der Waals surface area contributed by atoms with Crippen molar-refractivity contribution in [1.29, 1.82) is 0 Å². The minimum absolute atomic E-state index is 0.147. The van der Waals surface area contributed by atoms with E-state index < -0.39 is 0 Å². The van der Waals surface area contributed by atoms with E-state index in [1.54, 1.807) is 6.07 Å². The van der Waals surface area contributed by atoms with Gasteiger partial charge in [-0.3, -0.25) is 4.79 Å². The summed E-state index contributed by atoms with van der Waals surface area (Å²) in [4.78, 5) is 16.0. The molecule has 5 heteroatoms. The van der Waals surface area contributed by atoms with Crippen LogP contribution >= 0.6 is 23.2 Å². The van der Waals surface area contributed by atoms with Crippen molar-refractivity contribution in [3.8, 4) is 11.3 Å². The smallest absolute Gasteiger partial charge is 0.255 e. The fourth-order valence-electron chi connectivity index (χ4n) is 6.07. The van der Waals surface area contributed by atoms with Crippen LogP contribution in [0.1, 0.15) is 59.6 Å². The molecule has 1 aliphatic carbocycles. The molecule has 0 saturated heterocycles. The van der Waals surface area contributed by atoms with Crippen LogP contribution in [0.3, 0.4) is 0 Å². The van der Waals surface area contributed by atoms with Crippen molar-refractivity contribution in [3.05, 3.63) is 93.5 Å². The molecule has 1 atom stereocenters. The summed E-state index contributed by atoms with van der Waals surface area (Å²) in [5.41, 5.74) is 6.14. The Morgan fingerprint density at radius 2 is 1.59 bits per heavy atom. The fourth-order valence-corrected chi connectivity index (χ4v) is 6.57. The summed E-state index contributed by atoms with van der Waals surface area (Å²) in [6.07, 6.45) is 5.69. The van der Waals surface area contributed by atoms with Gasteiger partial charge < -0.3 is 9.47 Å². The molecule has 0 radical (unpaired) electrons. The first-order valence-electron chi connectivity index (χ1n) is 12.0. The number of hydrogen-bond donors (Lipinski definition) is 0. The van der Waals surface area contributed by atoms with Gasteiger partial charge >= 0.3 is 0 Å². The second-order valence-corrected chi connectivity index (χ2v) is 10.3. The minimum atomic E-state index is -0.153. The largest absolute Gasteiger partial charge is 0.343 e. The van der Waals surface area contributed by atoms with Gasteiger partial charge in [0.05, 0.1) is 16.8 Å². The molecule has 1 saturated carbocycles. The van der Waals surface area contributed by atoms with Crippen LogP contribution in [0, 0.1) is 0 Å². The van der Waals surface area contributed by atoms with E-state index in [0.717, 1.165) is 51.7 Å². The number of aryl methyl sites for hydroxylation is 1. The van der Waals surface area contributed by atoms with Crippen molar-refractivity contribution in [2.45, 2.75) is 44.2 Å². The molecule has 4 aromatic rings. The average molecular weight is 489 g/mol. The highest BCUT2D eigenvalue weighted by Crippen LogP contribution is 2.49. The van der Waals surface area contributed by atoms with Crippen LogP contribution in [0.5, 0.6) is 0 Å². The van der Waals surface area contributed by atoms with Crippen LogP contribution < -0.4 is 0 Å². The molecule has 3 aromatic carbocycles. The number of fused-ring (bicyclic) bond motifs is 2. The fraction of sp³-hybridized carbons (Fsp3) is 0.276. The molecule has 172 valence electrons. The van der Waals surface area contributed by atoms with Gasteiger partial charge in [0.15, 0.2) is 0 Å². The highest BCUT2D eigenvalue weighted by molar-refractivity contribution is 6.36. The molecular weight excluding hydrogens is 463 g/mol. The summed E-state index contributed by atoms with van der Waals surface area (Å²) in [5.74, 6) is 0.147. The number of carbonyl (C=O) groups is 1. The molecule has 0 bridgehead atoms. The lowest BCUT2D eigenvalue weighted by molar-refractivity contribution is 0.0613. The van der Waals surface area contributed by atoms with E-state index in [0.29, 0.717) is 10.0 Å². The molecule has 1 aromatic heterocycles. The number of carbonyl (C=O) groups excluding carboxylic acids is 1.